The van der Waals surface area contributed by atoms with E-state index in [0.29, 0.717) is 17.7 Å². The molecule has 0 bridgehead atoms. The Labute approximate surface area is 117 Å². The molecule has 0 saturated heterocycles. The van der Waals surface area contributed by atoms with E-state index in [1.807, 2.05) is 0 Å². The van der Waals surface area contributed by atoms with Gasteiger partial charge in [0.15, 0.2) is 0 Å². The predicted octanol–water partition coefficient (Wildman–Crippen LogP) is 1.74. The molecular weight excluding hydrogens is 312 g/mol. The van der Waals surface area contributed by atoms with Gasteiger partial charge in [0.25, 0.3) is 9.05 Å². The zero-order chi connectivity index (χ0) is 14.7. The van der Waals surface area contributed by atoms with Gasteiger partial charge in [0.1, 0.15) is 15.6 Å². The van der Waals surface area contributed by atoms with Crippen molar-refractivity contribution in [3.63, 3.8) is 0 Å². The SMILES string of the molecule is Cc1cc(S(=O)(=O)Cl)ccc1OCCCS(C)(=O)=O. The molecule has 0 aliphatic heterocycles. The van der Waals surface area contributed by atoms with E-state index in [9.17, 15) is 16.8 Å². The minimum Gasteiger partial charge on any atom is -0.493 e. The molecule has 0 aliphatic carbocycles. The van der Waals surface area contributed by atoms with Crippen LogP contribution in [0.1, 0.15) is 12.0 Å². The van der Waals surface area contributed by atoms with Gasteiger partial charge in [-0.05, 0) is 37.1 Å². The summed E-state index contributed by atoms with van der Waals surface area (Å²) in [4.78, 5) is 0.00940. The molecule has 0 saturated carbocycles. The molecule has 1 aromatic rings. The Morgan fingerprint density at radius 2 is 1.84 bits per heavy atom. The van der Waals surface area contributed by atoms with E-state index in [4.69, 9.17) is 15.4 Å². The highest BCUT2D eigenvalue weighted by Crippen LogP contribution is 2.23. The van der Waals surface area contributed by atoms with Crippen LogP contribution >= 0.6 is 10.7 Å². The molecule has 108 valence electrons. The van der Waals surface area contributed by atoms with E-state index in [0.717, 1.165) is 0 Å². The van der Waals surface area contributed by atoms with Crippen LogP contribution < -0.4 is 4.74 Å². The third-order valence-corrected chi connectivity index (χ3v) is 4.73. The first-order valence-corrected chi connectivity index (χ1v) is 9.82. The molecule has 0 fully saturated rings. The molecule has 1 aromatic carbocycles. The summed E-state index contributed by atoms with van der Waals surface area (Å²) >= 11 is 0. The fourth-order valence-electron chi connectivity index (χ4n) is 1.44. The van der Waals surface area contributed by atoms with E-state index in [-0.39, 0.29) is 17.3 Å². The summed E-state index contributed by atoms with van der Waals surface area (Å²) in [6.45, 7) is 1.94. The van der Waals surface area contributed by atoms with Gasteiger partial charge in [-0.2, -0.15) is 0 Å². The Morgan fingerprint density at radius 3 is 2.32 bits per heavy atom. The summed E-state index contributed by atoms with van der Waals surface area (Å²) in [7, 11) is -1.52. The average Bonchev–Trinajstić information content (AvgIpc) is 2.23. The van der Waals surface area contributed by atoms with Crippen LogP contribution in [0.25, 0.3) is 0 Å². The van der Waals surface area contributed by atoms with Gasteiger partial charge in [0, 0.05) is 16.9 Å². The third kappa shape index (κ3) is 5.80. The van der Waals surface area contributed by atoms with Crippen LogP contribution in [0.2, 0.25) is 0 Å². The van der Waals surface area contributed by atoms with Crippen molar-refractivity contribution in [3.8, 4) is 5.75 Å². The summed E-state index contributed by atoms with van der Waals surface area (Å²) in [5, 5.41) is 0. The van der Waals surface area contributed by atoms with Crippen molar-refractivity contribution in [2.24, 2.45) is 0 Å². The Bertz CT molecular complexity index is 650. The highest BCUT2D eigenvalue weighted by atomic mass is 35.7. The molecule has 0 amide bonds. The normalized spacial score (nSPS) is 12.4. The van der Waals surface area contributed by atoms with Crippen molar-refractivity contribution in [2.75, 3.05) is 18.6 Å². The fourth-order valence-corrected chi connectivity index (χ4v) is 2.92. The van der Waals surface area contributed by atoms with Crippen molar-refractivity contribution in [3.05, 3.63) is 23.8 Å². The topological polar surface area (TPSA) is 77.5 Å². The third-order valence-electron chi connectivity index (χ3n) is 2.34. The number of rotatable bonds is 6. The van der Waals surface area contributed by atoms with Gasteiger partial charge >= 0.3 is 0 Å². The lowest BCUT2D eigenvalue weighted by atomic mass is 10.2. The number of hydrogen-bond acceptors (Lipinski definition) is 5. The molecule has 5 nitrogen and oxygen atoms in total. The molecule has 1 rings (SSSR count). The molecule has 8 heteroatoms. The lowest BCUT2D eigenvalue weighted by Gasteiger charge is -2.09. The van der Waals surface area contributed by atoms with Crippen LogP contribution in [0, 0.1) is 6.92 Å². The quantitative estimate of drug-likeness (QED) is 0.587. The molecule has 0 atom stereocenters. The summed E-state index contributed by atoms with van der Waals surface area (Å²) in [5.74, 6) is 0.567. The Hall–Kier alpha value is -0.790. The Morgan fingerprint density at radius 1 is 1.21 bits per heavy atom. The monoisotopic (exact) mass is 326 g/mol. The molecule has 19 heavy (non-hydrogen) atoms. The maximum atomic E-state index is 11.1. The van der Waals surface area contributed by atoms with Crippen LogP contribution in [-0.2, 0) is 18.9 Å². The molecule has 0 aromatic heterocycles. The molecule has 0 heterocycles. The molecule has 0 N–H and O–H groups in total. The second-order valence-corrected chi connectivity index (χ2v) is 9.02. The first-order valence-electron chi connectivity index (χ1n) is 5.45. The van der Waals surface area contributed by atoms with E-state index in [1.165, 1.54) is 24.5 Å². The minimum atomic E-state index is -3.75. The summed E-state index contributed by atoms with van der Waals surface area (Å²) in [6, 6.07) is 4.26. The van der Waals surface area contributed by atoms with Crippen LogP contribution in [-0.4, -0.2) is 35.5 Å². The smallest absolute Gasteiger partial charge is 0.261 e. The number of benzene rings is 1. The lowest BCUT2D eigenvalue weighted by Crippen LogP contribution is -2.08. The fraction of sp³-hybridized carbons (Fsp3) is 0.455. The van der Waals surface area contributed by atoms with Crippen LogP contribution in [0.15, 0.2) is 23.1 Å². The highest BCUT2D eigenvalue weighted by molar-refractivity contribution is 8.13. The zero-order valence-corrected chi connectivity index (χ0v) is 13.0. The molecule has 0 spiro atoms. The molecule has 0 aliphatic rings. The van der Waals surface area contributed by atoms with Gasteiger partial charge < -0.3 is 4.74 Å². The van der Waals surface area contributed by atoms with Gasteiger partial charge in [0.2, 0.25) is 0 Å². The highest BCUT2D eigenvalue weighted by Gasteiger charge is 2.12. The van der Waals surface area contributed by atoms with Crippen molar-refractivity contribution < 1.29 is 21.6 Å². The molecular formula is C11H15ClO5S2. The van der Waals surface area contributed by atoms with E-state index >= 15 is 0 Å². The standard InChI is InChI=1S/C11H15ClO5S2/c1-9-8-10(19(12,15)16)4-5-11(9)17-6-3-7-18(2,13)14/h4-5,8H,3,6-7H2,1-2H3. The van der Waals surface area contributed by atoms with E-state index < -0.39 is 18.9 Å². The summed E-state index contributed by atoms with van der Waals surface area (Å²) in [5.41, 5.74) is 0.626. The van der Waals surface area contributed by atoms with Crippen molar-refractivity contribution in [2.45, 2.75) is 18.2 Å². The Kier molecular flexibility index (Phi) is 5.23. The van der Waals surface area contributed by atoms with Crippen molar-refractivity contribution >= 4 is 29.6 Å². The summed E-state index contributed by atoms with van der Waals surface area (Å²) < 4.78 is 49.5. The van der Waals surface area contributed by atoms with Crippen LogP contribution in [0.4, 0.5) is 0 Å². The molecule has 0 radical (unpaired) electrons. The first kappa shape index (κ1) is 16.3. The van der Waals surface area contributed by atoms with Gasteiger partial charge in [-0.1, -0.05) is 0 Å². The van der Waals surface area contributed by atoms with Gasteiger partial charge in [-0.25, -0.2) is 16.8 Å². The van der Waals surface area contributed by atoms with Gasteiger partial charge in [0.05, 0.1) is 17.3 Å². The van der Waals surface area contributed by atoms with Crippen LogP contribution in [0.3, 0.4) is 0 Å². The Balaban J connectivity index is 2.66. The van der Waals surface area contributed by atoms with Crippen molar-refractivity contribution in [1.82, 2.24) is 0 Å². The second-order valence-electron chi connectivity index (χ2n) is 4.20. The molecule has 0 unspecified atom stereocenters. The largest absolute Gasteiger partial charge is 0.493 e. The van der Waals surface area contributed by atoms with Gasteiger partial charge in [-0.3, -0.25) is 0 Å². The number of halogens is 1. The number of sulfone groups is 1. The van der Waals surface area contributed by atoms with E-state index in [2.05, 4.69) is 0 Å². The maximum Gasteiger partial charge on any atom is 0.261 e. The maximum absolute atomic E-state index is 11.1. The first-order chi connectivity index (χ1) is 8.59. The van der Waals surface area contributed by atoms with Crippen molar-refractivity contribution in [1.29, 1.82) is 0 Å². The van der Waals surface area contributed by atoms with Crippen LogP contribution in [0.5, 0.6) is 5.75 Å². The number of aryl methyl sites for hydroxylation is 1. The predicted molar refractivity (Wildman–Crippen MR) is 74.0 cm³/mol. The lowest BCUT2D eigenvalue weighted by molar-refractivity contribution is 0.315. The summed E-state index contributed by atoms with van der Waals surface area (Å²) in [6.07, 6.45) is 1.55. The minimum absolute atomic E-state index is 0.00940. The number of ether oxygens (including phenoxy) is 1. The van der Waals surface area contributed by atoms with Gasteiger partial charge in [-0.15, -0.1) is 0 Å². The average molecular weight is 327 g/mol. The number of hydrogen-bond donors (Lipinski definition) is 0. The van der Waals surface area contributed by atoms with E-state index in [1.54, 1.807) is 6.92 Å². The zero-order valence-electron chi connectivity index (χ0n) is 10.6. The second kappa shape index (κ2) is 6.11.